The molecule has 3 aromatic rings. The molecule has 142 valence electrons. The average Bonchev–Trinajstić information content (AvgIpc) is 3.19. The molecule has 6 heteroatoms. The molecule has 3 heterocycles. The molecule has 5 rings (SSSR count). The van der Waals surface area contributed by atoms with E-state index in [0.29, 0.717) is 6.61 Å². The van der Waals surface area contributed by atoms with Gasteiger partial charge in [-0.25, -0.2) is 4.79 Å². The number of ether oxygens (including phenoxy) is 1. The fraction of sp³-hybridized carbons (Fsp3) is 0.273. The Balaban J connectivity index is 1.87. The minimum absolute atomic E-state index is 0.326. The summed E-state index contributed by atoms with van der Waals surface area (Å²) in [7, 11) is 0. The number of aromatic nitrogens is 1. The number of para-hydroxylation sites is 1. The van der Waals surface area contributed by atoms with Crippen LogP contribution in [0, 0.1) is 0 Å². The number of rotatable bonds is 3. The van der Waals surface area contributed by atoms with Gasteiger partial charge in [0.1, 0.15) is 12.1 Å². The quantitative estimate of drug-likeness (QED) is 0.686. The Morgan fingerprint density at radius 3 is 2.54 bits per heavy atom. The molecular formula is C22H21N3O3. The third kappa shape index (κ3) is 2.06. The van der Waals surface area contributed by atoms with Gasteiger partial charge in [0.25, 0.3) is 5.91 Å². The van der Waals surface area contributed by atoms with Gasteiger partial charge < -0.3 is 9.72 Å². The van der Waals surface area contributed by atoms with Gasteiger partial charge >= 0.3 is 6.03 Å². The molecule has 0 bridgehead atoms. The highest BCUT2D eigenvalue weighted by molar-refractivity contribution is 6.08. The van der Waals surface area contributed by atoms with Gasteiger partial charge in [0.2, 0.25) is 0 Å². The number of nitrogens with one attached hydrogen (secondary N) is 2. The number of imide groups is 1. The topological polar surface area (TPSA) is 74.4 Å². The zero-order valence-corrected chi connectivity index (χ0v) is 15.7. The maximum absolute atomic E-state index is 13.0. The van der Waals surface area contributed by atoms with Crippen LogP contribution in [0.3, 0.4) is 0 Å². The van der Waals surface area contributed by atoms with Gasteiger partial charge in [0.05, 0.1) is 0 Å². The van der Waals surface area contributed by atoms with Gasteiger partial charge in [-0.3, -0.25) is 15.0 Å². The lowest BCUT2D eigenvalue weighted by Gasteiger charge is -2.47. The van der Waals surface area contributed by atoms with Gasteiger partial charge in [0.15, 0.2) is 5.54 Å². The maximum Gasteiger partial charge on any atom is 0.325 e. The summed E-state index contributed by atoms with van der Waals surface area (Å²) in [6, 6.07) is 17.0. The highest BCUT2D eigenvalue weighted by atomic mass is 16.5. The first-order valence-electron chi connectivity index (χ1n) is 9.49. The molecule has 2 aliphatic rings. The Labute approximate surface area is 162 Å². The minimum Gasteiger partial charge on any atom is -0.371 e. The lowest BCUT2D eigenvalue weighted by atomic mass is 9.78. The van der Waals surface area contributed by atoms with Crippen LogP contribution in [-0.2, 0) is 9.53 Å². The van der Waals surface area contributed by atoms with Crippen molar-refractivity contribution in [3.05, 3.63) is 71.4 Å². The number of hydrogen-bond donors (Lipinski definition) is 2. The van der Waals surface area contributed by atoms with Gasteiger partial charge in [-0.2, -0.15) is 0 Å². The second kappa shape index (κ2) is 5.94. The predicted molar refractivity (Wildman–Crippen MR) is 105 cm³/mol. The maximum atomic E-state index is 13.0. The third-order valence-corrected chi connectivity index (χ3v) is 5.93. The van der Waals surface area contributed by atoms with Crippen LogP contribution in [0.1, 0.15) is 42.8 Å². The molecule has 6 nitrogen and oxygen atoms in total. The zero-order valence-electron chi connectivity index (χ0n) is 15.7. The Kier molecular flexibility index (Phi) is 3.61. The number of nitrogens with zero attached hydrogens (tertiary/aromatic N) is 1. The molecule has 2 aliphatic heterocycles. The minimum atomic E-state index is -1.13. The van der Waals surface area contributed by atoms with E-state index >= 15 is 0 Å². The molecule has 0 saturated carbocycles. The van der Waals surface area contributed by atoms with E-state index in [9.17, 15) is 9.59 Å². The monoisotopic (exact) mass is 375 g/mol. The van der Waals surface area contributed by atoms with Crippen molar-refractivity contribution in [2.24, 2.45) is 0 Å². The number of amides is 3. The molecule has 28 heavy (non-hydrogen) atoms. The average molecular weight is 375 g/mol. The molecule has 1 fully saturated rings. The molecule has 3 unspecified atom stereocenters. The van der Waals surface area contributed by atoms with Crippen LogP contribution < -0.4 is 5.32 Å². The van der Waals surface area contributed by atoms with Crippen molar-refractivity contribution in [3.63, 3.8) is 0 Å². The number of fused-ring (bicyclic) bond motifs is 4. The summed E-state index contributed by atoms with van der Waals surface area (Å²) in [6.45, 7) is 4.14. The highest BCUT2D eigenvalue weighted by Crippen LogP contribution is 2.53. The molecule has 0 radical (unpaired) electrons. The molecular weight excluding hydrogens is 354 g/mol. The number of aromatic amines is 1. The summed E-state index contributed by atoms with van der Waals surface area (Å²) in [5.74, 6) is -0.326. The molecule has 0 aliphatic carbocycles. The summed E-state index contributed by atoms with van der Waals surface area (Å²) in [4.78, 5) is 31.1. The Bertz CT molecular complexity index is 1090. The normalized spacial score (nSPS) is 26.3. The second-order valence-corrected chi connectivity index (χ2v) is 7.42. The zero-order chi connectivity index (χ0) is 19.5. The van der Waals surface area contributed by atoms with Crippen molar-refractivity contribution < 1.29 is 14.3 Å². The third-order valence-electron chi connectivity index (χ3n) is 5.93. The lowest BCUT2D eigenvalue weighted by molar-refractivity contribution is -0.137. The Morgan fingerprint density at radius 2 is 1.79 bits per heavy atom. The van der Waals surface area contributed by atoms with E-state index in [0.717, 1.165) is 27.7 Å². The SMILES string of the molecule is CCOC1c2c([nH]c3ccccc23)C(c2ccccc2)N2C(=O)NC(=O)C12C. The second-order valence-electron chi connectivity index (χ2n) is 7.42. The van der Waals surface area contributed by atoms with E-state index in [4.69, 9.17) is 4.74 Å². The Hall–Kier alpha value is -3.12. The largest absolute Gasteiger partial charge is 0.371 e. The number of urea groups is 1. The Morgan fingerprint density at radius 1 is 1.07 bits per heavy atom. The van der Waals surface area contributed by atoms with E-state index in [-0.39, 0.29) is 5.91 Å². The van der Waals surface area contributed by atoms with Gasteiger partial charge in [-0.15, -0.1) is 0 Å². The summed E-state index contributed by atoms with van der Waals surface area (Å²) >= 11 is 0. The lowest BCUT2D eigenvalue weighted by Crippen LogP contribution is -2.57. The van der Waals surface area contributed by atoms with E-state index in [1.54, 1.807) is 11.8 Å². The number of carbonyl (C=O) groups excluding carboxylic acids is 2. The van der Waals surface area contributed by atoms with Crippen LogP contribution in [0.5, 0.6) is 0 Å². The van der Waals surface area contributed by atoms with Crippen LogP contribution in [0.25, 0.3) is 10.9 Å². The number of carbonyl (C=O) groups is 2. The van der Waals surface area contributed by atoms with E-state index in [1.165, 1.54) is 0 Å². The summed E-state index contributed by atoms with van der Waals surface area (Å²) in [5.41, 5.74) is 2.63. The van der Waals surface area contributed by atoms with E-state index in [2.05, 4.69) is 10.3 Å². The van der Waals surface area contributed by atoms with Crippen LogP contribution in [0.15, 0.2) is 54.6 Å². The van der Waals surface area contributed by atoms with Gasteiger partial charge in [-0.1, -0.05) is 48.5 Å². The van der Waals surface area contributed by atoms with Crippen LogP contribution in [-0.4, -0.2) is 34.0 Å². The van der Waals surface area contributed by atoms with Crippen molar-refractivity contribution in [3.8, 4) is 0 Å². The first kappa shape index (κ1) is 17.0. The summed E-state index contributed by atoms with van der Waals surface area (Å²) < 4.78 is 6.12. The molecule has 1 aromatic heterocycles. The summed E-state index contributed by atoms with van der Waals surface area (Å²) in [5, 5.41) is 3.53. The standard InChI is InChI=1S/C22H21N3O3/c1-3-28-19-16-14-11-7-8-12-15(14)23-17(16)18(13-9-5-4-6-10-13)25-21(27)24-20(26)22(19,25)2/h4-12,18-19,23H,3H2,1-2H3,(H,24,26,27). The van der Waals surface area contributed by atoms with Crippen molar-refractivity contribution in [1.82, 2.24) is 15.2 Å². The number of benzene rings is 2. The van der Waals surface area contributed by atoms with Gasteiger partial charge in [0, 0.05) is 28.8 Å². The number of hydrogen-bond acceptors (Lipinski definition) is 3. The highest BCUT2D eigenvalue weighted by Gasteiger charge is 2.62. The molecule has 0 spiro atoms. The molecule has 3 atom stereocenters. The summed E-state index contributed by atoms with van der Waals surface area (Å²) in [6.07, 6.45) is -0.560. The van der Waals surface area contributed by atoms with Crippen LogP contribution in [0.2, 0.25) is 0 Å². The number of H-pyrrole nitrogens is 1. The first-order chi connectivity index (χ1) is 13.6. The molecule has 2 aromatic carbocycles. The van der Waals surface area contributed by atoms with Crippen molar-refractivity contribution >= 4 is 22.8 Å². The van der Waals surface area contributed by atoms with E-state index in [1.807, 2.05) is 61.5 Å². The van der Waals surface area contributed by atoms with Crippen molar-refractivity contribution in [2.45, 2.75) is 31.5 Å². The van der Waals surface area contributed by atoms with Gasteiger partial charge in [-0.05, 0) is 25.5 Å². The van der Waals surface area contributed by atoms with E-state index < -0.39 is 23.7 Å². The first-order valence-corrected chi connectivity index (χ1v) is 9.49. The van der Waals surface area contributed by atoms with Crippen LogP contribution in [0.4, 0.5) is 4.79 Å². The molecule has 1 saturated heterocycles. The molecule has 3 amide bonds. The van der Waals surface area contributed by atoms with Crippen molar-refractivity contribution in [2.75, 3.05) is 6.61 Å². The molecule has 2 N–H and O–H groups in total. The smallest absolute Gasteiger partial charge is 0.325 e. The predicted octanol–water partition coefficient (Wildman–Crippen LogP) is 3.66. The fourth-order valence-electron chi connectivity index (χ4n) is 4.69. The van der Waals surface area contributed by atoms with Crippen molar-refractivity contribution in [1.29, 1.82) is 0 Å². The van der Waals surface area contributed by atoms with Crippen LogP contribution >= 0.6 is 0 Å². The fourth-order valence-corrected chi connectivity index (χ4v) is 4.69.